The number of halogens is 1. The van der Waals surface area contributed by atoms with E-state index < -0.39 is 5.91 Å². The molecule has 0 bridgehead atoms. The average Bonchev–Trinajstić information content (AvgIpc) is 3.43. The number of carbonyl (C=O) groups excluding carboxylic acids is 1. The smallest absolute Gasteiger partial charge is 0.287 e. The summed E-state index contributed by atoms with van der Waals surface area (Å²) in [6.07, 6.45) is 3.10. The fourth-order valence-corrected chi connectivity index (χ4v) is 5.24. The first-order chi connectivity index (χ1) is 13.1. The van der Waals surface area contributed by atoms with Gasteiger partial charge in [-0.15, -0.1) is 11.8 Å². The van der Waals surface area contributed by atoms with E-state index in [0.717, 1.165) is 38.9 Å². The average molecular weight is 401 g/mol. The van der Waals surface area contributed by atoms with E-state index in [9.17, 15) is 4.79 Å². The van der Waals surface area contributed by atoms with Crippen LogP contribution in [0.15, 0.2) is 47.0 Å². The van der Waals surface area contributed by atoms with Crippen molar-refractivity contribution in [3.05, 3.63) is 63.9 Å². The molecule has 3 aliphatic rings. The van der Waals surface area contributed by atoms with Gasteiger partial charge in [-0.1, -0.05) is 29.3 Å². The maximum atomic E-state index is 11.9. The van der Waals surface area contributed by atoms with Crippen LogP contribution in [0.1, 0.15) is 36.6 Å². The molecule has 0 unspecified atom stereocenters. The first-order valence-electron chi connectivity index (χ1n) is 8.81. The Hall–Kier alpha value is -1.86. The second-order valence-corrected chi connectivity index (χ2v) is 8.35. The summed E-state index contributed by atoms with van der Waals surface area (Å²) in [5.41, 5.74) is 5.62. The van der Waals surface area contributed by atoms with Gasteiger partial charge in [0.2, 0.25) is 5.91 Å². The van der Waals surface area contributed by atoms with Gasteiger partial charge in [0, 0.05) is 40.9 Å². The minimum Gasteiger partial charge on any atom is -0.287 e. The van der Waals surface area contributed by atoms with Crippen LogP contribution in [0.25, 0.3) is 5.57 Å². The third-order valence-electron chi connectivity index (χ3n) is 5.22. The van der Waals surface area contributed by atoms with Gasteiger partial charge in [-0.05, 0) is 35.7 Å². The Morgan fingerprint density at radius 3 is 2.96 bits per heavy atom. The molecule has 1 aromatic carbocycles. The van der Waals surface area contributed by atoms with Crippen molar-refractivity contribution in [1.82, 2.24) is 9.88 Å². The lowest BCUT2D eigenvalue weighted by Crippen LogP contribution is -2.46. The quantitative estimate of drug-likeness (QED) is 0.484. The molecule has 3 aliphatic heterocycles. The van der Waals surface area contributed by atoms with Crippen LogP contribution in [-0.4, -0.2) is 28.2 Å². The summed E-state index contributed by atoms with van der Waals surface area (Å²) < 4.78 is 0. The van der Waals surface area contributed by atoms with Gasteiger partial charge in [-0.25, -0.2) is 0 Å². The highest BCUT2D eigenvalue weighted by molar-refractivity contribution is 7.98. The van der Waals surface area contributed by atoms with Crippen molar-refractivity contribution >= 4 is 34.8 Å². The van der Waals surface area contributed by atoms with E-state index in [1.807, 2.05) is 24.4 Å². The maximum Gasteiger partial charge on any atom is 0.316 e. The number of amides is 1. The predicted octanol–water partition coefficient (Wildman–Crippen LogP) is 4.40. The van der Waals surface area contributed by atoms with Crippen molar-refractivity contribution in [3.8, 4) is 0 Å². The van der Waals surface area contributed by atoms with Crippen molar-refractivity contribution in [3.63, 3.8) is 0 Å². The number of benzene rings is 1. The normalized spacial score (nSPS) is 22.8. The van der Waals surface area contributed by atoms with Gasteiger partial charge in [0.1, 0.15) is 0 Å². The fourth-order valence-electron chi connectivity index (χ4n) is 3.92. The molecule has 0 atom stereocenters. The highest BCUT2D eigenvalue weighted by Crippen LogP contribution is 2.49. The number of hydrogen-bond donors (Lipinski definition) is 0. The van der Waals surface area contributed by atoms with Gasteiger partial charge >= 0.3 is 5.91 Å². The van der Waals surface area contributed by atoms with Crippen LogP contribution in [0, 0.1) is 0 Å². The van der Waals surface area contributed by atoms with E-state index >= 15 is 0 Å². The van der Waals surface area contributed by atoms with E-state index in [1.54, 1.807) is 23.6 Å². The molecule has 7 heteroatoms. The van der Waals surface area contributed by atoms with Crippen LogP contribution >= 0.6 is 23.4 Å². The first kappa shape index (κ1) is 17.3. The largest absolute Gasteiger partial charge is 0.316 e. The molecule has 1 spiro atoms. The zero-order valence-electron chi connectivity index (χ0n) is 14.7. The zero-order valence-corrected chi connectivity index (χ0v) is 16.3. The maximum absolute atomic E-state index is 11.9. The van der Waals surface area contributed by atoms with Gasteiger partial charge in [0.15, 0.2) is 0 Å². The lowest BCUT2D eigenvalue weighted by Gasteiger charge is -2.32. The monoisotopic (exact) mass is 400 g/mol. The third kappa shape index (κ3) is 2.88. The Morgan fingerprint density at radius 2 is 2.19 bits per heavy atom. The Kier molecular flexibility index (Phi) is 4.05. The van der Waals surface area contributed by atoms with E-state index in [4.69, 9.17) is 26.4 Å². The SMILES string of the molecule is CC(=O)N1CCC(=C2c3ccc(Cl)cc3SCc3cccnc32)CC12OO2. The van der Waals surface area contributed by atoms with Gasteiger partial charge in [0.05, 0.1) is 12.1 Å². The molecule has 2 fully saturated rings. The summed E-state index contributed by atoms with van der Waals surface area (Å²) in [4.78, 5) is 30.0. The van der Waals surface area contributed by atoms with Gasteiger partial charge in [0.25, 0.3) is 0 Å². The second-order valence-electron chi connectivity index (χ2n) is 6.90. The molecule has 0 aliphatic carbocycles. The molecule has 27 heavy (non-hydrogen) atoms. The Labute approximate surface area is 166 Å². The van der Waals surface area contributed by atoms with E-state index in [-0.39, 0.29) is 5.91 Å². The number of carbonyl (C=O) groups is 1. The summed E-state index contributed by atoms with van der Waals surface area (Å²) >= 11 is 8.02. The molecule has 2 saturated heterocycles. The second kappa shape index (κ2) is 6.34. The fraction of sp³-hybridized carbons (Fsp3) is 0.300. The Balaban J connectivity index is 1.69. The van der Waals surface area contributed by atoms with Crippen LogP contribution in [0.3, 0.4) is 0 Å². The lowest BCUT2D eigenvalue weighted by molar-refractivity contribution is -0.137. The zero-order chi connectivity index (χ0) is 18.6. The molecule has 1 aromatic heterocycles. The van der Waals surface area contributed by atoms with E-state index in [1.165, 1.54) is 11.1 Å². The summed E-state index contributed by atoms with van der Waals surface area (Å²) in [7, 11) is 0. The van der Waals surface area contributed by atoms with Crippen LogP contribution in [0.5, 0.6) is 0 Å². The number of likely N-dealkylation sites (tertiary alicyclic amines) is 1. The third-order valence-corrected chi connectivity index (χ3v) is 6.56. The van der Waals surface area contributed by atoms with Crippen molar-refractivity contribution < 1.29 is 14.6 Å². The van der Waals surface area contributed by atoms with Crippen LogP contribution < -0.4 is 0 Å². The van der Waals surface area contributed by atoms with E-state index in [0.29, 0.717) is 13.0 Å². The number of hydrogen-bond acceptors (Lipinski definition) is 5. The summed E-state index contributed by atoms with van der Waals surface area (Å²) in [6, 6.07) is 10.1. The molecule has 2 aromatic rings. The summed E-state index contributed by atoms with van der Waals surface area (Å²) in [6.45, 7) is 2.10. The van der Waals surface area contributed by atoms with Crippen LogP contribution in [0.4, 0.5) is 0 Å². The minimum atomic E-state index is -0.951. The number of piperidine rings is 1. The Morgan fingerprint density at radius 1 is 1.33 bits per heavy atom. The summed E-state index contributed by atoms with van der Waals surface area (Å²) in [5.74, 6) is -0.156. The predicted molar refractivity (Wildman–Crippen MR) is 103 cm³/mol. The molecule has 0 radical (unpaired) electrons. The van der Waals surface area contributed by atoms with Gasteiger partial charge in [-0.3, -0.25) is 14.7 Å². The standard InChI is InChI=1S/C20H17ClN2O3S/c1-12(24)23-8-6-13(10-20(23)25-26-20)18-16-5-4-15(21)9-17(16)27-11-14-3-2-7-22-19(14)18/h2-5,7,9H,6,8,10-11H2,1H3. The number of rotatable bonds is 0. The molecule has 138 valence electrons. The highest BCUT2D eigenvalue weighted by Gasteiger charge is 2.58. The molecule has 4 heterocycles. The molecule has 5 nitrogen and oxygen atoms in total. The van der Waals surface area contributed by atoms with Crippen LogP contribution in [0.2, 0.25) is 5.02 Å². The van der Waals surface area contributed by atoms with Crippen molar-refractivity contribution in [2.24, 2.45) is 0 Å². The molecule has 0 saturated carbocycles. The number of nitrogens with zero attached hydrogens (tertiary/aromatic N) is 2. The number of aromatic nitrogens is 1. The minimum absolute atomic E-state index is 0.0429. The molecule has 5 rings (SSSR count). The topological polar surface area (TPSA) is 58.3 Å². The molecule has 0 N–H and O–H groups in total. The molecular formula is C20H17ClN2O3S. The van der Waals surface area contributed by atoms with Crippen molar-refractivity contribution in [2.45, 2.75) is 36.3 Å². The van der Waals surface area contributed by atoms with Crippen LogP contribution in [-0.2, 0) is 20.3 Å². The van der Waals surface area contributed by atoms with Gasteiger partial charge in [-0.2, -0.15) is 9.78 Å². The number of pyridine rings is 1. The van der Waals surface area contributed by atoms with Crippen molar-refractivity contribution in [2.75, 3.05) is 6.54 Å². The van der Waals surface area contributed by atoms with Gasteiger partial charge < -0.3 is 0 Å². The number of thioether (sulfide) groups is 1. The Bertz CT molecular complexity index is 987. The van der Waals surface area contributed by atoms with E-state index in [2.05, 4.69) is 12.1 Å². The lowest BCUT2D eigenvalue weighted by atomic mass is 9.88. The highest BCUT2D eigenvalue weighted by atomic mass is 35.5. The molecular weight excluding hydrogens is 384 g/mol. The van der Waals surface area contributed by atoms with Crippen molar-refractivity contribution in [1.29, 1.82) is 0 Å². The molecule has 1 amide bonds. The first-order valence-corrected chi connectivity index (χ1v) is 10.2. The summed E-state index contributed by atoms with van der Waals surface area (Å²) in [5, 5.41) is 0.723. The number of fused-ring (bicyclic) bond motifs is 2.